The van der Waals surface area contributed by atoms with Crippen molar-refractivity contribution >= 4 is 21.8 Å². The molecule has 0 aliphatic rings. The molecule has 2 rings (SSSR count). The third-order valence-electron chi connectivity index (χ3n) is 2.39. The third kappa shape index (κ3) is 3.24. The minimum Gasteiger partial charge on any atom is -0.456 e. The first kappa shape index (κ1) is 14.3. The summed E-state index contributed by atoms with van der Waals surface area (Å²) in [5, 5.41) is 11.6. The van der Waals surface area contributed by atoms with E-state index in [1.165, 1.54) is 6.07 Å². The van der Waals surface area contributed by atoms with Gasteiger partial charge in [-0.2, -0.15) is 0 Å². The summed E-state index contributed by atoms with van der Waals surface area (Å²) in [6, 6.07) is 7.53. The number of halogens is 3. The van der Waals surface area contributed by atoms with Gasteiger partial charge in [0.05, 0.1) is 5.56 Å². The molecule has 2 aromatic rings. The van der Waals surface area contributed by atoms with E-state index in [9.17, 15) is 8.78 Å². The van der Waals surface area contributed by atoms with E-state index in [1.807, 2.05) is 0 Å². The van der Waals surface area contributed by atoms with E-state index in [2.05, 4.69) is 21.1 Å². The number of amidine groups is 1. The van der Waals surface area contributed by atoms with Gasteiger partial charge < -0.3 is 15.7 Å². The van der Waals surface area contributed by atoms with E-state index >= 15 is 0 Å². The van der Waals surface area contributed by atoms with Crippen LogP contribution in [0.4, 0.5) is 8.78 Å². The summed E-state index contributed by atoms with van der Waals surface area (Å²) >= 11 is 3.23. The second kappa shape index (κ2) is 5.87. The van der Waals surface area contributed by atoms with Gasteiger partial charge in [0.1, 0.15) is 23.1 Å². The molecule has 0 amide bonds. The number of oxime groups is 1. The van der Waals surface area contributed by atoms with Crippen molar-refractivity contribution in [3.8, 4) is 11.5 Å². The SMILES string of the molecule is N/C(=N/O)c1cc(Br)ccc1Oc1cc(F)cc(F)c1. The van der Waals surface area contributed by atoms with Crippen LogP contribution < -0.4 is 10.5 Å². The molecule has 4 nitrogen and oxygen atoms in total. The molecule has 0 aromatic heterocycles. The summed E-state index contributed by atoms with van der Waals surface area (Å²) < 4.78 is 32.3. The van der Waals surface area contributed by atoms with Gasteiger partial charge in [0.25, 0.3) is 0 Å². The van der Waals surface area contributed by atoms with E-state index in [1.54, 1.807) is 12.1 Å². The highest BCUT2D eigenvalue weighted by Crippen LogP contribution is 2.28. The lowest BCUT2D eigenvalue weighted by Crippen LogP contribution is -2.14. The Morgan fingerprint density at radius 2 is 1.80 bits per heavy atom. The molecule has 0 atom stereocenters. The number of hydrogen-bond acceptors (Lipinski definition) is 3. The van der Waals surface area contributed by atoms with E-state index in [-0.39, 0.29) is 22.9 Å². The minimum absolute atomic E-state index is 0.0307. The first-order valence-electron chi connectivity index (χ1n) is 5.41. The van der Waals surface area contributed by atoms with Crippen LogP contribution in [-0.4, -0.2) is 11.0 Å². The highest BCUT2D eigenvalue weighted by Gasteiger charge is 2.11. The Hall–Kier alpha value is -2.15. The van der Waals surface area contributed by atoms with E-state index in [4.69, 9.17) is 15.7 Å². The van der Waals surface area contributed by atoms with Gasteiger partial charge in [-0.25, -0.2) is 8.78 Å². The van der Waals surface area contributed by atoms with Crippen molar-refractivity contribution in [1.29, 1.82) is 0 Å². The molecule has 0 radical (unpaired) electrons. The largest absolute Gasteiger partial charge is 0.456 e. The molecular weight excluding hydrogens is 334 g/mol. The van der Waals surface area contributed by atoms with Crippen LogP contribution in [0, 0.1) is 11.6 Å². The van der Waals surface area contributed by atoms with Crippen molar-refractivity contribution < 1.29 is 18.7 Å². The van der Waals surface area contributed by atoms with Crippen LogP contribution in [0.1, 0.15) is 5.56 Å². The van der Waals surface area contributed by atoms with Crippen molar-refractivity contribution in [2.45, 2.75) is 0 Å². The standard InChI is InChI=1S/C13H9BrF2N2O2/c14-7-1-2-12(11(3-7)13(17)18-19)20-10-5-8(15)4-9(16)6-10/h1-6,19H,(H2,17,18). The number of nitrogens with zero attached hydrogens (tertiary/aromatic N) is 1. The molecule has 0 saturated carbocycles. The monoisotopic (exact) mass is 342 g/mol. The van der Waals surface area contributed by atoms with Crippen LogP contribution in [0.2, 0.25) is 0 Å². The van der Waals surface area contributed by atoms with Gasteiger partial charge in [0.2, 0.25) is 0 Å². The number of ether oxygens (including phenoxy) is 1. The molecule has 0 bridgehead atoms. The van der Waals surface area contributed by atoms with Crippen molar-refractivity contribution in [1.82, 2.24) is 0 Å². The third-order valence-corrected chi connectivity index (χ3v) is 2.88. The predicted octanol–water partition coefficient (Wildman–Crippen LogP) is 3.61. The van der Waals surface area contributed by atoms with Crippen LogP contribution >= 0.6 is 15.9 Å². The van der Waals surface area contributed by atoms with Gasteiger partial charge in [-0.1, -0.05) is 21.1 Å². The Kier molecular flexibility index (Phi) is 4.19. The molecule has 7 heteroatoms. The molecule has 3 N–H and O–H groups in total. The average molecular weight is 343 g/mol. The van der Waals surface area contributed by atoms with Gasteiger partial charge in [-0.3, -0.25) is 0 Å². The van der Waals surface area contributed by atoms with Gasteiger partial charge in [-0.15, -0.1) is 0 Å². The molecule has 2 aromatic carbocycles. The number of nitrogens with two attached hydrogens (primary N) is 1. The Morgan fingerprint density at radius 1 is 1.15 bits per heavy atom. The summed E-state index contributed by atoms with van der Waals surface area (Å²) in [5.74, 6) is -1.53. The lowest BCUT2D eigenvalue weighted by atomic mass is 10.2. The molecule has 0 saturated heterocycles. The van der Waals surface area contributed by atoms with Crippen molar-refractivity contribution in [2.75, 3.05) is 0 Å². The molecule has 0 unspecified atom stereocenters. The fourth-order valence-electron chi connectivity index (χ4n) is 1.56. The Labute approximate surface area is 121 Å². The predicted molar refractivity (Wildman–Crippen MR) is 73.1 cm³/mol. The fourth-order valence-corrected chi connectivity index (χ4v) is 1.92. The smallest absolute Gasteiger partial charge is 0.173 e. The van der Waals surface area contributed by atoms with Crippen molar-refractivity contribution in [2.24, 2.45) is 10.9 Å². The van der Waals surface area contributed by atoms with Crippen LogP contribution in [0.3, 0.4) is 0 Å². The Morgan fingerprint density at radius 3 is 2.40 bits per heavy atom. The zero-order valence-electron chi connectivity index (χ0n) is 9.98. The summed E-state index contributed by atoms with van der Waals surface area (Å²) in [4.78, 5) is 0. The molecule has 0 aliphatic heterocycles. The Balaban J connectivity index is 2.43. The second-order valence-electron chi connectivity index (χ2n) is 3.83. The highest BCUT2D eigenvalue weighted by atomic mass is 79.9. The summed E-state index contributed by atoms with van der Waals surface area (Å²) in [5.41, 5.74) is 5.81. The normalized spacial score (nSPS) is 11.4. The van der Waals surface area contributed by atoms with Gasteiger partial charge >= 0.3 is 0 Å². The molecule has 0 spiro atoms. The van der Waals surface area contributed by atoms with Crippen LogP contribution in [0.5, 0.6) is 11.5 Å². The van der Waals surface area contributed by atoms with Gasteiger partial charge in [0.15, 0.2) is 5.84 Å². The van der Waals surface area contributed by atoms with Crippen molar-refractivity contribution in [3.05, 3.63) is 58.1 Å². The van der Waals surface area contributed by atoms with Crippen molar-refractivity contribution in [3.63, 3.8) is 0 Å². The fraction of sp³-hybridized carbons (Fsp3) is 0. The van der Waals surface area contributed by atoms with E-state index in [0.717, 1.165) is 18.2 Å². The molecule has 20 heavy (non-hydrogen) atoms. The first-order valence-corrected chi connectivity index (χ1v) is 6.20. The van der Waals surface area contributed by atoms with E-state index < -0.39 is 11.6 Å². The van der Waals surface area contributed by atoms with Crippen LogP contribution in [0.15, 0.2) is 46.0 Å². The topological polar surface area (TPSA) is 67.8 Å². The maximum atomic E-state index is 13.1. The number of rotatable bonds is 3. The minimum atomic E-state index is -0.762. The summed E-state index contributed by atoms with van der Waals surface area (Å²) in [7, 11) is 0. The first-order chi connectivity index (χ1) is 9.49. The van der Waals surface area contributed by atoms with E-state index in [0.29, 0.717) is 4.47 Å². The van der Waals surface area contributed by atoms with Gasteiger partial charge in [0, 0.05) is 22.7 Å². The zero-order chi connectivity index (χ0) is 14.7. The maximum absolute atomic E-state index is 13.1. The molecule has 104 valence electrons. The zero-order valence-corrected chi connectivity index (χ0v) is 11.6. The molecule has 0 fully saturated rings. The van der Waals surface area contributed by atoms with Gasteiger partial charge in [-0.05, 0) is 18.2 Å². The maximum Gasteiger partial charge on any atom is 0.173 e. The summed E-state index contributed by atoms with van der Waals surface area (Å²) in [6.45, 7) is 0. The lowest BCUT2D eigenvalue weighted by Gasteiger charge is -2.11. The van der Waals surface area contributed by atoms with Crippen LogP contribution in [-0.2, 0) is 0 Å². The van der Waals surface area contributed by atoms with Crippen LogP contribution in [0.25, 0.3) is 0 Å². The quantitative estimate of drug-likeness (QED) is 0.387. The number of hydrogen-bond donors (Lipinski definition) is 2. The number of benzene rings is 2. The molecular formula is C13H9BrF2N2O2. The average Bonchev–Trinajstić information content (AvgIpc) is 2.38. The molecule has 0 aliphatic carbocycles. The molecule has 0 heterocycles. The lowest BCUT2D eigenvalue weighted by molar-refractivity contribution is 0.318. The summed E-state index contributed by atoms with van der Waals surface area (Å²) in [6.07, 6.45) is 0. The Bertz CT molecular complexity index is 657. The second-order valence-corrected chi connectivity index (χ2v) is 4.75. The highest BCUT2D eigenvalue weighted by molar-refractivity contribution is 9.10.